The Morgan fingerprint density at radius 3 is 2.50 bits per heavy atom. The van der Waals surface area contributed by atoms with E-state index in [1.54, 1.807) is 0 Å². The molecule has 1 heterocycles. The van der Waals surface area contributed by atoms with E-state index in [-0.39, 0.29) is 5.54 Å². The summed E-state index contributed by atoms with van der Waals surface area (Å²) >= 11 is 0. The van der Waals surface area contributed by atoms with Gasteiger partial charge in [-0.05, 0) is 50.7 Å². The second-order valence-electron chi connectivity index (χ2n) is 6.42. The average molecular weight is 271 g/mol. The lowest BCUT2D eigenvalue weighted by Gasteiger charge is -2.44. The largest absolute Gasteiger partial charge is 0.369 e. The first-order chi connectivity index (χ1) is 9.64. The molecule has 3 heteroatoms. The number of nitrogens with two attached hydrogens (primary N) is 1. The van der Waals surface area contributed by atoms with Gasteiger partial charge in [-0.2, -0.15) is 0 Å². The van der Waals surface area contributed by atoms with Crippen LogP contribution < -0.4 is 10.6 Å². The first-order valence-corrected chi connectivity index (χ1v) is 7.81. The molecule has 1 spiro atoms. The van der Waals surface area contributed by atoms with Crippen LogP contribution in [0.3, 0.4) is 0 Å². The summed E-state index contributed by atoms with van der Waals surface area (Å²) in [6, 6.07) is 8.67. The van der Waals surface area contributed by atoms with Crippen molar-refractivity contribution < 1.29 is 0 Å². The van der Waals surface area contributed by atoms with Gasteiger partial charge in [0.25, 0.3) is 0 Å². The zero-order valence-corrected chi connectivity index (χ0v) is 12.6. The maximum atomic E-state index is 6.20. The van der Waals surface area contributed by atoms with Crippen molar-refractivity contribution in [3.63, 3.8) is 0 Å². The van der Waals surface area contributed by atoms with Crippen molar-refractivity contribution in [1.29, 1.82) is 0 Å². The molecule has 2 N–H and O–H groups in total. The molecule has 1 fully saturated rings. The van der Waals surface area contributed by atoms with Gasteiger partial charge in [-0.1, -0.05) is 31.0 Å². The predicted molar refractivity (Wildman–Crippen MR) is 85.1 cm³/mol. The summed E-state index contributed by atoms with van der Waals surface area (Å²) in [7, 11) is 0. The van der Waals surface area contributed by atoms with Gasteiger partial charge in [0.1, 0.15) is 0 Å². The quantitative estimate of drug-likeness (QED) is 0.895. The normalized spacial score (nSPS) is 29.8. The monoisotopic (exact) mass is 271 g/mol. The smallest absolute Gasteiger partial charge is 0.196 e. The summed E-state index contributed by atoms with van der Waals surface area (Å²) in [6.07, 6.45) is 6.34. The first kappa shape index (κ1) is 13.5. The van der Waals surface area contributed by atoms with E-state index in [2.05, 4.69) is 48.0 Å². The SMILES string of the molecule is CCC1CCC2(CC1)CN=C(N)N2c1ccc(C)cc1. The number of aliphatic imine (C=N–C) groups is 1. The van der Waals surface area contributed by atoms with E-state index in [1.165, 1.54) is 43.4 Å². The topological polar surface area (TPSA) is 41.6 Å². The van der Waals surface area contributed by atoms with Crippen LogP contribution in [0.15, 0.2) is 29.3 Å². The number of nitrogens with zero attached hydrogens (tertiary/aromatic N) is 2. The van der Waals surface area contributed by atoms with E-state index in [9.17, 15) is 0 Å². The highest BCUT2D eigenvalue weighted by Gasteiger charge is 2.45. The van der Waals surface area contributed by atoms with Gasteiger partial charge in [-0.15, -0.1) is 0 Å². The zero-order valence-electron chi connectivity index (χ0n) is 12.6. The Labute approximate surface area is 121 Å². The highest BCUT2D eigenvalue weighted by atomic mass is 15.4. The third kappa shape index (κ3) is 2.19. The number of hydrogen-bond donors (Lipinski definition) is 1. The van der Waals surface area contributed by atoms with E-state index in [0.717, 1.165) is 12.5 Å². The number of hydrogen-bond acceptors (Lipinski definition) is 3. The van der Waals surface area contributed by atoms with E-state index in [0.29, 0.717) is 5.96 Å². The van der Waals surface area contributed by atoms with Crippen LogP contribution in [0.1, 0.15) is 44.6 Å². The van der Waals surface area contributed by atoms with Crippen molar-refractivity contribution in [3.8, 4) is 0 Å². The molecule has 1 aromatic carbocycles. The molecule has 0 radical (unpaired) electrons. The van der Waals surface area contributed by atoms with Crippen molar-refractivity contribution in [3.05, 3.63) is 29.8 Å². The Hall–Kier alpha value is -1.51. The van der Waals surface area contributed by atoms with Gasteiger partial charge < -0.3 is 10.6 Å². The van der Waals surface area contributed by atoms with Crippen LogP contribution in [0.4, 0.5) is 5.69 Å². The first-order valence-electron chi connectivity index (χ1n) is 7.81. The lowest BCUT2D eigenvalue weighted by atomic mass is 9.75. The van der Waals surface area contributed by atoms with Gasteiger partial charge in [0.2, 0.25) is 0 Å². The summed E-state index contributed by atoms with van der Waals surface area (Å²) in [4.78, 5) is 6.87. The second-order valence-corrected chi connectivity index (χ2v) is 6.42. The highest BCUT2D eigenvalue weighted by molar-refractivity contribution is 5.98. The summed E-state index contributed by atoms with van der Waals surface area (Å²) in [5, 5.41) is 0. The third-order valence-electron chi connectivity index (χ3n) is 5.14. The average Bonchev–Trinajstić information content (AvgIpc) is 2.78. The predicted octanol–water partition coefficient (Wildman–Crippen LogP) is 3.47. The summed E-state index contributed by atoms with van der Waals surface area (Å²) < 4.78 is 0. The highest BCUT2D eigenvalue weighted by Crippen LogP contribution is 2.42. The van der Waals surface area contributed by atoms with Crippen molar-refractivity contribution >= 4 is 11.6 Å². The Balaban J connectivity index is 1.87. The molecule has 3 rings (SSSR count). The van der Waals surface area contributed by atoms with Gasteiger partial charge in [0.05, 0.1) is 12.1 Å². The molecule has 20 heavy (non-hydrogen) atoms. The molecule has 0 atom stereocenters. The van der Waals surface area contributed by atoms with Crippen molar-refractivity contribution in [1.82, 2.24) is 0 Å². The molecule has 108 valence electrons. The van der Waals surface area contributed by atoms with Gasteiger partial charge in [0.15, 0.2) is 5.96 Å². The Kier molecular flexibility index (Phi) is 3.45. The van der Waals surface area contributed by atoms with Crippen molar-refractivity contribution in [2.75, 3.05) is 11.4 Å². The molecular weight excluding hydrogens is 246 g/mol. The lowest BCUT2D eigenvalue weighted by Crippen LogP contribution is -2.53. The Bertz CT molecular complexity index is 495. The molecule has 0 aromatic heterocycles. The summed E-state index contributed by atoms with van der Waals surface area (Å²) in [5.41, 5.74) is 8.82. The minimum absolute atomic E-state index is 0.144. The number of guanidine groups is 1. The van der Waals surface area contributed by atoms with Crippen LogP contribution >= 0.6 is 0 Å². The fourth-order valence-corrected chi connectivity index (χ4v) is 3.72. The van der Waals surface area contributed by atoms with E-state index >= 15 is 0 Å². The minimum Gasteiger partial charge on any atom is -0.369 e. The molecular formula is C17H25N3. The van der Waals surface area contributed by atoms with Crippen LogP contribution in [0, 0.1) is 12.8 Å². The van der Waals surface area contributed by atoms with E-state index in [1.807, 2.05) is 0 Å². The fraction of sp³-hybridized carbons (Fsp3) is 0.588. The lowest BCUT2D eigenvalue weighted by molar-refractivity contribution is 0.244. The Morgan fingerprint density at radius 2 is 1.90 bits per heavy atom. The number of aryl methyl sites for hydroxylation is 1. The summed E-state index contributed by atoms with van der Waals surface area (Å²) in [6.45, 7) is 5.29. The molecule has 1 saturated carbocycles. The molecule has 1 aliphatic heterocycles. The molecule has 0 amide bonds. The van der Waals surface area contributed by atoms with Crippen LogP contribution in [-0.2, 0) is 0 Å². The van der Waals surface area contributed by atoms with E-state index < -0.39 is 0 Å². The van der Waals surface area contributed by atoms with E-state index in [4.69, 9.17) is 5.73 Å². The summed E-state index contributed by atoms with van der Waals surface area (Å²) in [5.74, 6) is 1.59. The molecule has 0 bridgehead atoms. The number of anilines is 1. The fourth-order valence-electron chi connectivity index (χ4n) is 3.72. The number of rotatable bonds is 2. The molecule has 3 nitrogen and oxygen atoms in total. The van der Waals surface area contributed by atoms with Crippen LogP contribution in [0.5, 0.6) is 0 Å². The van der Waals surface area contributed by atoms with Crippen molar-refractivity contribution in [2.24, 2.45) is 16.6 Å². The number of benzene rings is 1. The van der Waals surface area contributed by atoms with Gasteiger partial charge >= 0.3 is 0 Å². The van der Waals surface area contributed by atoms with Crippen LogP contribution in [-0.4, -0.2) is 18.0 Å². The molecule has 1 aliphatic carbocycles. The third-order valence-corrected chi connectivity index (χ3v) is 5.14. The molecule has 2 aliphatic rings. The Morgan fingerprint density at radius 1 is 1.25 bits per heavy atom. The zero-order chi connectivity index (χ0) is 14.2. The molecule has 0 unspecified atom stereocenters. The van der Waals surface area contributed by atoms with Crippen LogP contribution in [0.25, 0.3) is 0 Å². The van der Waals surface area contributed by atoms with Gasteiger partial charge in [0, 0.05) is 5.69 Å². The standard InChI is InChI=1S/C17H25N3/c1-3-14-8-10-17(11-9-14)12-19-16(18)20(17)15-6-4-13(2)5-7-15/h4-7,14H,3,8-12H2,1-2H3,(H2,18,19). The molecule has 1 aromatic rings. The second kappa shape index (κ2) is 5.12. The molecule has 0 saturated heterocycles. The minimum atomic E-state index is 0.144. The van der Waals surface area contributed by atoms with Crippen molar-refractivity contribution in [2.45, 2.75) is 51.5 Å². The van der Waals surface area contributed by atoms with Gasteiger partial charge in [-0.3, -0.25) is 4.99 Å². The maximum Gasteiger partial charge on any atom is 0.196 e. The van der Waals surface area contributed by atoms with Gasteiger partial charge in [-0.25, -0.2) is 0 Å². The van der Waals surface area contributed by atoms with Crippen LogP contribution in [0.2, 0.25) is 0 Å². The maximum absolute atomic E-state index is 6.20.